The lowest BCUT2D eigenvalue weighted by atomic mass is 9.74. The first-order valence-electron chi connectivity index (χ1n) is 7.05. The van der Waals surface area contributed by atoms with Crippen LogP contribution >= 0.6 is 0 Å². The first-order chi connectivity index (χ1) is 9.65. The number of rotatable bonds is 4. The Balaban J connectivity index is 2.08. The molecule has 0 fully saturated rings. The number of anilines is 1. The van der Waals surface area contributed by atoms with E-state index in [1.807, 2.05) is 24.3 Å². The molecule has 1 atom stereocenters. The summed E-state index contributed by atoms with van der Waals surface area (Å²) < 4.78 is 0. The van der Waals surface area contributed by atoms with Crippen LogP contribution in [0.3, 0.4) is 0 Å². The number of fused-ring (bicyclic) bond motifs is 1. The second-order valence-electron chi connectivity index (χ2n) is 6.60. The minimum Gasteiger partial charge on any atom is -0.481 e. The molecule has 1 aromatic rings. The Morgan fingerprint density at radius 3 is 2.43 bits per heavy atom. The first kappa shape index (κ1) is 15.4. The number of carboxylic acids is 1. The second-order valence-corrected chi connectivity index (χ2v) is 6.60. The molecule has 1 aliphatic heterocycles. The number of aliphatic carboxylic acids is 1. The van der Waals surface area contributed by atoms with Gasteiger partial charge in [-0.1, -0.05) is 18.2 Å². The van der Waals surface area contributed by atoms with Crippen molar-refractivity contribution in [3.63, 3.8) is 0 Å². The Morgan fingerprint density at radius 1 is 1.24 bits per heavy atom. The maximum Gasteiger partial charge on any atom is 0.311 e. The quantitative estimate of drug-likeness (QED) is 0.793. The fourth-order valence-electron chi connectivity index (χ4n) is 2.27. The normalized spacial score (nSPS) is 17.8. The Hall–Kier alpha value is -2.04. The zero-order valence-electron chi connectivity index (χ0n) is 12.9. The maximum absolute atomic E-state index is 12.4. The molecule has 2 rings (SSSR count). The highest BCUT2D eigenvalue weighted by molar-refractivity contribution is 5.88. The van der Waals surface area contributed by atoms with Gasteiger partial charge in [0, 0.05) is 12.1 Å². The smallest absolute Gasteiger partial charge is 0.311 e. The van der Waals surface area contributed by atoms with Gasteiger partial charge in [0.25, 0.3) is 0 Å². The van der Waals surface area contributed by atoms with Crippen molar-refractivity contribution in [3.8, 4) is 0 Å². The predicted molar refractivity (Wildman–Crippen MR) is 81.2 cm³/mol. The monoisotopic (exact) mass is 290 g/mol. The highest BCUT2D eigenvalue weighted by Gasteiger charge is 2.45. The molecule has 0 saturated heterocycles. The summed E-state index contributed by atoms with van der Waals surface area (Å²) in [7, 11) is 0. The first-order valence-corrected chi connectivity index (χ1v) is 7.05. The molecule has 0 spiro atoms. The van der Waals surface area contributed by atoms with Crippen LogP contribution in [0.25, 0.3) is 0 Å². The number of hydrogen-bond acceptors (Lipinski definition) is 3. The van der Waals surface area contributed by atoms with Crippen LogP contribution in [0.1, 0.15) is 33.3 Å². The van der Waals surface area contributed by atoms with E-state index in [1.54, 1.807) is 27.7 Å². The van der Waals surface area contributed by atoms with Crippen LogP contribution in [0.5, 0.6) is 0 Å². The molecule has 3 N–H and O–H groups in total. The SMILES string of the molecule is CC(C)(NC(=O)[C@@H]1Cc2ccccc2N1)C(C)(C)C(=O)O. The van der Waals surface area contributed by atoms with Crippen molar-refractivity contribution in [2.45, 2.75) is 45.7 Å². The number of carboxylic acid groups (broad SMARTS) is 1. The van der Waals surface area contributed by atoms with Gasteiger partial charge in [-0.3, -0.25) is 9.59 Å². The Morgan fingerprint density at radius 2 is 1.86 bits per heavy atom. The lowest BCUT2D eigenvalue weighted by Crippen LogP contribution is -2.59. The molecule has 114 valence electrons. The van der Waals surface area contributed by atoms with Gasteiger partial charge in [-0.2, -0.15) is 0 Å². The number of hydrogen-bond donors (Lipinski definition) is 3. The lowest BCUT2D eigenvalue weighted by Gasteiger charge is -2.39. The third kappa shape index (κ3) is 2.73. The second kappa shape index (κ2) is 5.06. The van der Waals surface area contributed by atoms with Gasteiger partial charge in [0.1, 0.15) is 6.04 Å². The fraction of sp³-hybridized carbons (Fsp3) is 0.500. The summed E-state index contributed by atoms with van der Waals surface area (Å²) in [5.41, 5.74) is 0.154. The van der Waals surface area contributed by atoms with Crippen molar-refractivity contribution in [1.82, 2.24) is 5.32 Å². The lowest BCUT2D eigenvalue weighted by molar-refractivity contribution is -0.151. The average Bonchev–Trinajstić information content (AvgIpc) is 2.81. The van der Waals surface area contributed by atoms with Gasteiger partial charge in [0.2, 0.25) is 5.91 Å². The molecule has 5 nitrogen and oxygen atoms in total. The van der Waals surface area contributed by atoms with Crippen molar-refractivity contribution in [3.05, 3.63) is 29.8 Å². The van der Waals surface area contributed by atoms with Crippen LogP contribution in [0.15, 0.2) is 24.3 Å². The molecule has 0 aliphatic carbocycles. The molecule has 0 aromatic heterocycles. The van der Waals surface area contributed by atoms with E-state index in [9.17, 15) is 14.7 Å². The number of nitrogens with one attached hydrogen (secondary N) is 2. The van der Waals surface area contributed by atoms with Crippen LogP contribution in [0.2, 0.25) is 0 Å². The molecule has 0 saturated carbocycles. The van der Waals surface area contributed by atoms with E-state index >= 15 is 0 Å². The standard InChI is InChI=1S/C16H22N2O3/c1-15(2,14(20)21)16(3,4)18-13(19)12-9-10-7-5-6-8-11(10)17-12/h5-8,12,17H,9H2,1-4H3,(H,18,19)(H,20,21)/t12-/m0/s1. The van der Waals surface area contributed by atoms with Crippen LogP contribution in [0.4, 0.5) is 5.69 Å². The molecule has 1 aliphatic rings. The van der Waals surface area contributed by atoms with Crippen molar-refractivity contribution >= 4 is 17.6 Å². The highest BCUT2D eigenvalue weighted by Crippen LogP contribution is 2.32. The van der Waals surface area contributed by atoms with E-state index in [1.165, 1.54) is 0 Å². The molecule has 0 radical (unpaired) electrons. The Labute approximate surface area is 124 Å². The van der Waals surface area contributed by atoms with E-state index in [0.717, 1.165) is 11.3 Å². The Bertz CT molecular complexity index is 554. The number of amides is 1. The van der Waals surface area contributed by atoms with Gasteiger partial charge in [0.05, 0.1) is 11.0 Å². The summed E-state index contributed by atoms with van der Waals surface area (Å²) in [5.74, 6) is -1.11. The van der Waals surface area contributed by atoms with Gasteiger partial charge >= 0.3 is 5.97 Å². The fourth-order valence-corrected chi connectivity index (χ4v) is 2.27. The molecule has 1 amide bonds. The zero-order chi connectivity index (χ0) is 15.8. The summed E-state index contributed by atoms with van der Waals surface area (Å²) >= 11 is 0. The van der Waals surface area contributed by atoms with E-state index in [2.05, 4.69) is 10.6 Å². The minimum atomic E-state index is -1.06. The van der Waals surface area contributed by atoms with Crippen LogP contribution in [-0.4, -0.2) is 28.6 Å². The Kier molecular flexibility index (Phi) is 3.70. The maximum atomic E-state index is 12.4. The molecule has 0 bridgehead atoms. The zero-order valence-corrected chi connectivity index (χ0v) is 12.9. The van der Waals surface area contributed by atoms with Crippen LogP contribution in [-0.2, 0) is 16.0 Å². The van der Waals surface area contributed by atoms with Gasteiger partial charge in [-0.05, 0) is 39.3 Å². The van der Waals surface area contributed by atoms with Gasteiger partial charge in [-0.25, -0.2) is 0 Å². The van der Waals surface area contributed by atoms with E-state index in [-0.39, 0.29) is 11.9 Å². The summed E-state index contributed by atoms with van der Waals surface area (Å²) in [6.45, 7) is 6.71. The van der Waals surface area contributed by atoms with Crippen LogP contribution in [0, 0.1) is 5.41 Å². The molecule has 5 heteroatoms. The number of benzene rings is 1. The van der Waals surface area contributed by atoms with Gasteiger partial charge in [-0.15, -0.1) is 0 Å². The molecular weight excluding hydrogens is 268 g/mol. The molecule has 0 unspecified atom stereocenters. The van der Waals surface area contributed by atoms with E-state index in [0.29, 0.717) is 6.42 Å². The number of carbonyl (C=O) groups excluding carboxylic acids is 1. The average molecular weight is 290 g/mol. The van der Waals surface area contributed by atoms with Crippen LogP contribution < -0.4 is 10.6 Å². The largest absolute Gasteiger partial charge is 0.481 e. The topological polar surface area (TPSA) is 78.4 Å². The molecule has 21 heavy (non-hydrogen) atoms. The van der Waals surface area contributed by atoms with Crippen molar-refractivity contribution < 1.29 is 14.7 Å². The third-order valence-corrected chi connectivity index (χ3v) is 4.62. The van der Waals surface area contributed by atoms with E-state index in [4.69, 9.17) is 0 Å². The minimum absolute atomic E-state index is 0.175. The highest BCUT2D eigenvalue weighted by atomic mass is 16.4. The molecular formula is C16H22N2O3. The number of carbonyl (C=O) groups is 2. The van der Waals surface area contributed by atoms with Crippen molar-refractivity contribution in [1.29, 1.82) is 0 Å². The molecule has 1 heterocycles. The van der Waals surface area contributed by atoms with E-state index < -0.39 is 16.9 Å². The van der Waals surface area contributed by atoms with Crippen molar-refractivity contribution in [2.24, 2.45) is 5.41 Å². The molecule has 1 aromatic carbocycles. The van der Waals surface area contributed by atoms with Gasteiger partial charge in [0.15, 0.2) is 0 Å². The third-order valence-electron chi connectivity index (χ3n) is 4.62. The predicted octanol–water partition coefficient (Wildman–Crippen LogP) is 2.03. The summed E-state index contributed by atoms with van der Waals surface area (Å²) in [5, 5.41) is 15.4. The van der Waals surface area contributed by atoms with Crippen molar-refractivity contribution in [2.75, 3.05) is 5.32 Å². The summed E-state index contributed by atoms with van der Waals surface area (Å²) in [6, 6.07) is 7.44. The summed E-state index contributed by atoms with van der Waals surface area (Å²) in [4.78, 5) is 23.8. The van der Waals surface area contributed by atoms with Gasteiger partial charge < -0.3 is 15.7 Å². The number of para-hydroxylation sites is 1. The summed E-state index contributed by atoms with van der Waals surface area (Å²) in [6.07, 6.45) is 0.617.